The van der Waals surface area contributed by atoms with Gasteiger partial charge in [-0.2, -0.15) is 0 Å². The summed E-state index contributed by atoms with van der Waals surface area (Å²) in [6.45, 7) is 5.31. The average molecular weight is 202 g/mol. The van der Waals surface area contributed by atoms with Gasteiger partial charge >= 0.3 is 0 Å². The minimum absolute atomic E-state index is 0.380. The van der Waals surface area contributed by atoms with Crippen molar-refractivity contribution in [2.45, 2.75) is 44.9 Å². The average Bonchev–Trinajstić information content (AvgIpc) is 2.83. The van der Waals surface area contributed by atoms with Gasteiger partial charge in [-0.1, -0.05) is 25.0 Å². The molecule has 1 spiro atoms. The number of ether oxygens (including phenoxy) is 1. The lowest BCUT2D eigenvalue weighted by molar-refractivity contribution is 0.266. The van der Waals surface area contributed by atoms with Gasteiger partial charge in [-0.05, 0) is 37.8 Å². The van der Waals surface area contributed by atoms with E-state index in [1.807, 2.05) is 0 Å². The largest absolute Gasteiger partial charge is 0.492 e. The molecule has 1 aliphatic carbocycles. The van der Waals surface area contributed by atoms with Gasteiger partial charge in [0.25, 0.3) is 0 Å². The van der Waals surface area contributed by atoms with Crippen molar-refractivity contribution < 1.29 is 4.74 Å². The van der Waals surface area contributed by atoms with Crippen molar-refractivity contribution in [3.63, 3.8) is 0 Å². The summed E-state index contributed by atoms with van der Waals surface area (Å²) in [5.41, 5.74) is 4.64. The molecule has 0 amide bonds. The van der Waals surface area contributed by atoms with E-state index >= 15 is 0 Å². The molecular formula is C14H18O. The Hall–Kier alpha value is -0.980. The molecule has 0 N–H and O–H groups in total. The van der Waals surface area contributed by atoms with Crippen LogP contribution in [0.1, 0.15) is 42.4 Å². The Morgan fingerprint density at radius 3 is 2.47 bits per heavy atom. The van der Waals surface area contributed by atoms with Gasteiger partial charge in [0.15, 0.2) is 0 Å². The third-order valence-corrected chi connectivity index (χ3v) is 4.15. The summed E-state index contributed by atoms with van der Waals surface area (Å²) < 4.78 is 5.95. The lowest BCUT2D eigenvalue weighted by Gasteiger charge is -2.22. The number of hydrogen-bond acceptors (Lipinski definition) is 1. The van der Waals surface area contributed by atoms with Crippen LogP contribution in [0.5, 0.6) is 5.75 Å². The monoisotopic (exact) mass is 202 g/mol. The predicted molar refractivity (Wildman–Crippen MR) is 61.6 cm³/mol. The van der Waals surface area contributed by atoms with Gasteiger partial charge in [-0.25, -0.2) is 0 Å². The molecular weight excluding hydrogens is 184 g/mol. The molecule has 1 aliphatic heterocycles. The lowest BCUT2D eigenvalue weighted by Crippen LogP contribution is -2.24. The van der Waals surface area contributed by atoms with Crippen LogP contribution in [0.3, 0.4) is 0 Å². The molecule has 0 bridgehead atoms. The molecule has 15 heavy (non-hydrogen) atoms. The van der Waals surface area contributed by atoms with Crippen molar-refractivity contribution in [3.05, 3.63) is 28.8 Å². The zero-order valence-electron chi connectivity index (χ0n) is 9.60. The molecule has 2 aliphatic rings. The van der Waals surface area contributed by atoms with Crippen LogP contribution in [0.2, 0.25) is 0 Å². The maximum atomic E-state index is 5.95. The fraction of sp³-hybridized carbons (Fsp3) is 0.571. The summed E-state index contributed by atoms with van der Waals surface area (Å²) in [6.07, 6.45) is 5.39. The zero-order valence-corrected chi connectivity index (χ0v) is 9.60. The first-order chi connectivity index (χ1) is 7.23. The Kier molecular flexibility index (Phi) is 1.86. The van der Waals surface area contributed by atoms with Crippen LogP contribution in [0.25, 0.3) is 0 Å². The highest BCUT2D eigenvalue weighted by molar-refractivity contribution is 5.53. The predicted octanol–water partition coefficient (Wildman–Crippen LogP) is 3.51. The van der Waals surface area contributed by atoms with Crippen molar-refractivity contribution in [3.8, 4) is 5.75 Å². The lowest BCUT2D eigenvalue weighted by atomic mass is 9.78. The Balaban J connectivity index is 2.20. The van der Waals surface area contributed by atoms with Crippen molar-refractivity contribution in [1.29, 1.82) is 0 Å². The van der Waals surface area contributed by atoms with Crippen LogP contribution in [0.15, 0.2) is 12.1 Å². The van der Waals surface area contributed by atoms with Crippen LogP contribution in [-0.2, 0) is 5.41 Å². The summed E-state index contributed by atoms with van der Waals surface area (Å²) >= 11 is 0. The first-order valence-electron chi connectivity index (χ1n) is 5.96. The number of hydrogen-bond donors (Lipinski definition) is 0. The van der Waals surface area contributed by atoms with Crippen LogP contribution in [0, 0.1) is 13.8 Å². The van der Waals surface area contributed by atoms with Crippen LogP contribution in [0.4, 0.5) is 0 Å². The summed E-state index contributed by atoms with van der Waals surface area (Å²) in [6, 6.07) is 4.44. The summed E-state index contributed by atoms with van der Waals surface area (Å²) in [7, 11) is 0. The smallest absolute Gasteiger partial charge is 0.126 e. The van der Waals surface area contributed by atoms with Crippen molar-refractivity contribution in [2.75, 3.05) is 6.61 Å². The van der Waals surface area contributed by atoms with E-state index in [9.17, 15) is 0 Å². The van der Waals surface area contributed by atoms with Crippen molar-refractivity contribution in [2.24, 2.45) is 0 Å². The third kappa shape index (κ3) is 1.15. The molecule has 0 saturated heterocycles. The van der Waals surface area contributed by atoms with Crippen LogP contribution >= 0.6 is 0 Å². The maximum absolute atomic E-state index is 5.95. The van der Waals surface area contributed by atoms with Crippen LogP contribution < -0.4 is 4.74 Å². The standard InChI is InChI=1S/C14H18O/c1-10-5-6-11(2)13-12(10)14(9-15-13)7-3-4-8-14/h5-6H,3-4,7-9H2,1-2H3. The molecule has 1 heterocycles. The molecule has 0 aromatic heterocycles. The van der Waals surface area contributed by atoms with Crippen LogP contribution in [-0.4, -0.2) is 6.61 Å². The fourth-order valence-corrected chi connectivity index (χ4v) is 3.36. The van der Waals surface area contributed by atoms with E-state index in [0.29, 0.717) is 5.41 Å². The molecule has 1 heteroatoms. The highest BCUT2D eigenvalue weighted by atomic mass is 16.5. The Bertz CT molecular complexity index is 400. The zero-order chi connectivity index (χ0) is 10.5. The first-order valence-corrected chi connectivity index (χ1v) is 5.96. The van der Waals surface area contributed by atoms with E-state index in [-0.39, 0.29) is 0 Å². The molecule has 1 aromatic carbocycles. The van der Waals surface area contributed by atoms with Gasteiger partial charge in [0, 0.05) is 11.0 Å². The van der Waals surface area contributed by atoms with E-state index in [4.69, 9.17) is 4.74 Å². The molecule has 0 unspecified atom stereocenters. The van der Waals surface area contributed by atoms with E-state index in [2.05, 4.69) is 26.0 Å². The summed E-state index contributed by atoms with van der Waals surface area (Å²) in [5.74, 6) is 1.19. The second-order valence-electron chi connectivity index (χ2n) is 5.18. The van der Waals surface area contributed by atoms with E-state index in [1.165, 1.54) is 48.1 Å². The molecule has 80 valence electrons. The number of aryl methyl sites for hydroxylation is 2. The maximum Gasteiger partial charge on any atom is 0.126 e. The number of rotatable bonds is 0. The molecule has 1 fully saturated rings. The Labute approximate surface area is 91.5 Å². The van der Waals surface area contributed by atoms with E-state index in [0.717, 1.165) is 6.61 Å². The van der Waals surface area contributed by atoms with Gasteiger partial charge in [0.2, 0.25) is 0 Å². The molecule has 1 nitrogen and oxygen atoms in total. The van der Waals surface area contributed by atoms with E-state index in [1.54, 1.807) is 0 Å². The first kappa shape index (κ1) is 9.26. The second kappa shape index (κ2) is 3.01. The Morgan fingerprint density at radius 1 is 1.07 bits per heavy atom. The van der Waals surface area contributed by atoms with Crippen molar-refractivity contribution in [1.82, 2.24) is 0 Å². The van der Waals surface area contributed by atoms with Gasteiger partial charge in [-0.15, -0.1) is 0 Å². The van der Waals surface area contributed by atoms with Crippen molar-refractivity contribution >= 4 is 0 Å². The number of benzene rings is 1. The summed E-state index contributed by atoms with van der Waals surface area (Å²) in [4.78, 5) is 0. The minimum atomic E-state index is 0.380. The van der Waals surface area contributed by atoms with Gasteiger partial charge in [0.1, 0.15) is 5.75 Å². The molecule has 3 rings (SSSR count). The molecule has 0 radical (unpaired) electrons. The number of fused-ring (bicyclic) bond motifs is 2. The highest BCUT2D eigenvalue weighted by Crippen LogP contribution is 2.51. The highest BCUT2D eigenvalue weighted by Gasteiger charge is 2.44. The molecule has 1 saturated carbocycles. The van der Waals surface area contributed by atoms with Gasteiger partial charge < -0.3 is 4.74 Å². The normalized spacial score (nSPS) is 21.7. The second-order valence-corrected chi connectivity index (χ2v) is 5.18. The van der Waals surface area contributed by atoms with Gasteiger partial charge in [0.05, 0.1) is 6.61 Å². The SMILES string of the molecule is Cc1ccc(C)c2c1OCC21CCCC1. The third-order valence-electron chi connectivity index (χ3n) is 4.15. The molecule has 1 aromatic rings. The quantitative estimate of drug-likeness (QED) is 0.625. The molecule has 0 atom stereocenters. The fourth-order valence-electron chi connectivity index (χ4n) is 3.36. The van der Waals surface area contributed by atoms with E-state index < -0.39 is 0 Å². The Morgan fingerprint density at radius 2 is 1.73 bits per heavy atom. The minimum Gasteiger partial charge on any atom is -0.492 e. The summed E-state index contributed by atoms with van der Waals surface area (Å²) in [5, 5.41) is 0. The topological polar surface area (TPSA) is 9.23 Å². The van der Waals surface area contributed by atoms with Gasteiger partial charge in [-0.3, -0.25) is 0 Å².